The number of esters is 2. The van der Waals surface area contributed by atoms with Gasteiger partial charge in [-0.3, -0.25) is 0 Å². The van der Waals surface area contributed by atoms with Crippen molar-refractivity contribution in [3.05, 3.63) is 102 Å². The van der Waals surface area contributed by atoms with Crippen LogP contribution in [0, 0.1) is 11.3 Å². The minimum atomic E-state index is -0.634. The summed E-state index contributed by atoms with van der Waals surface area (Å²) in [6, 6.07) is 21.6. The summed E-state index contributed by atoms with van der Waals surface area (Å²) in [7, 11) is 0. The van der Waals surface area contributed by atoms with E-state index in [9.17, 15) is 9.59 Å². The zero-order chi connectivity index (χ0) is 27.9. The molecule has 0 aliphatic heterocycles. The van der Waals surface area contributed by atoms with E-state index in [1.54, 1.807) is 48.5 Å². The lowest BCUT2D eigenvalue weighted by atomic mass is 10.0. The van der Waals surface area contributed by atoms with E-state index in [2.05, 4.69) is 19.6 Å². The number of unbranched alkanes of at least 4 members (excludes halogenated alkanes) is 5. The second kappa shape index (κ2) is 15.8. The Balaban J connectivity index is 1.90. The molecule has 0 N–H and O–H groups in total. The van der Waals surface area contributed by atoms with Gasteiger partial charge in [-0.1, -0.05) is 82.0 Å². The molecule has 202 valence electrons. The highest BCUT2D eigenvalue weighted by molar-refractivity contribution is 5.92. The largest absolute Gasteiger partial charge is 0.486 e. The molecule has 0 aliphatic rings. The van der Waals surface area contributed by atoms with E-state index in [4.69, 9.17) is 19.5 Å². The van der Waals surface area contributed by atoms with E-state index in [0.29, 0.717) is 30.6 Å². The highest BCUT2D eigenvalue weighted by Crippen LogP contribution is 2.42. The molecule has 0 fully saturated rings. The number of rotatable bonds is 15. The standard InChI is InChI=1S/C33H35NO5/c1-3-5-6-7-8-12-23-37-32-29(38-30(35)4-2)22-21-27(20-19-25-15-17-26(24-34)18-16-25)31(32)39-33(36)28-13-10-9-11-14-28/h4,9-11,13-18,21-22H,2-3,5-8,12,19-20,23H2,1H3. The van der Waals surface area contributed by atoms with Crippen LogP contribution in [0.25, 0.3) is 0 Å². The first-order chi connectivity index (χ1) is 19.0. The predicted octanol–water partition coefficient (Wildman–Crippen LogP) is 7.39. The maximum Gasteiger partial charge on any atom is 0.343 e. The van der Waals surface area contributed by atoms with Crippen molar-refractivity contribution in [1.82, 2.24) is 0 Å². The number of carbonyl (C=O) groups is 2. The van der Waals surface area contributed by atoms with Crippen LogP contribution >= 0.6 is 0 Å². The second-order valence-electron chi connectivity index (χ2n) is 9.19. The zero-order valence-corrected chi connectivity index (χ0v) is 22.5. The minimum absolute atomic E-state index is 0.170. The van der Waals surface area contributed by atoms with Gasteiger partial charge in [-0.05, 0) is 60.7 Å². The van der Waals surface area contributed by atoms with Crippen molar-refractivity contribution in [3.63, 3.8) is 0 Å². The molecule has 3 aromatic carbocycles. The molecule has 0 spiro atoms. The van der Waals surface area contributed by atoms with Crippen LogP contribution in [0.5, 0.6) is 17.2 Å². The fourth-order valence-electron chi connectivity index (χ4n) is 4.07. The molecule has 0 bridgehead atoms. The van der Waals surface area contributed by atoms with Crippen LogP contribution in [-0.2, 0) is 17.6 Å². The van der Waals surface area contributed by atoms with Gasteiger partial charge in [0.1, 0.15) is 0 Å². The first-order valence-corrected chi connectivity index (χ1v) is 13.4. The smallest absolute Gasteiger partial charge is 0.343 e. The molecule has 0 atom stereocenters. The normalized spacial score (nSPS) is 10.4. The number of nitriles is 1. The van der Waals surface area contributed by atoms with Crippen LogP contribution in [0.4, 0.5) is 0 Å². The molecular weight excluding hydrogens is 490 g/mol. The van der Waals surface area contributed by atoms with Gasteiger partial charge in [0.25, 0.3) is 0 Å². The SMILES string of the molecule is C=CC(=O)Oc1ccc(CCc2ccc(C#N)cc2)c(OC(=O)c2ccccc2)c1OCCCCCCCC. The van der Waals surface area contributed by atoms with Gasteiger partial charge in [-0.15, -0.1) is 0 Å². The third-order valence-electron chi connectivity index (χ3n) is 6.25. The van der Waals surface area contributed by atoms with E-state index in [1.807, 2.05) is 18.2 Å². The number of benzene rings is 3. The van der Waals surface area contributed by atoms with Crippen LogP contribution in [-0.4, -0.2) is 18.5 Å². The lowest BCUT2D eigenvalue weighted by Crippen LogP contribution is -2.13. The van der Waals surface area contributed by atoms with E-state index in [-0.39, 0.29) is 17.2 Å². The van der Waals surface area contributed by atoms with Crippen molar-refractivity contribution in [2.75, 3.05) is 6.61 Å². The Hall–Kier alpha value is -4.37. The average molecular weight is 526 g/mol. The first kappa shape index (κ1) is 29.2. The van der Waals surface area contributed by atoms with Crippen LogP contribution in [0.1, 0.15) is 72.5 Å². The molecule has 0 saturated heterocycles. The minimum Gasteiger partial charge on any atom is -0.486 e. The molecule has 0 aromatic heterocycles. The van der Waals surface area contributed by atoms with Gasteiger partial charge in [0.05, 0.1) is 23.8 Å². The third kappa shape index (κ3) is 9.15. The summed E-state index contributed by atoms with van der Waals surface area (Å²) in [5.74, 6) is -0.543. The highest BCUT2D eigenvalue weighted by atomic mass is 16.6. The molecule has 3 aromatic rings. The summed E-state index contributed by atoms with van der Waals surface area (Å²) in [6.07, 6.45) is 8.78. The lowest BCUT2D eigenvalue weighted by Gasteiger charge is -2.18. The predicted molar refractivity (Wildman–Crippen MR) is 151 cm³/mol. The molecular formula is C33H35NO5. The Morgan fingerprint density at radius 3 is 2.26 bits per heavy atom. The van der Waals surface area contributed by atoms with Crippen molar-refractivity contribution in [1.29, 1.82) is 5.26 Å². The molecule has 3 rings (SSSR count). The third-order valence-corrected chi connectivity index (χ3v) is 6.25. The molecule has 0 radical (unpaired) electrons. The lowest BCUT2D eigenvalue weighted by molar-refractivity contribution is -0.129. The van der Waals surface area contributed by atoms with Gasteiger partial charge < -0.3 is 14.2 Å². The second-order valence-corrected chi connectivity index (χ2v) is 9.19. The summed E-state index contributed by atoms with van der Waals surface area (Å²) in [6.45, 7) is 6.05. The number of nitrogens with zero attached hydrogens (tertiary/aromatic N) is 1. The molecule has 0 saturated carbocycles. The van der Waals surface area contributed by atoms with E-state index in [1.165, 1.54) is 19.3 Å². The van der Waals surface area contributed by atoms with Gasteiger partial charge in [0.2, 0.25) is 5.75 Å². The van der Waals surface area contributed by atoms with E-state index < -0.39 is 11.9 Å². The molecule has 6 nitrogen and oxygen atoms in total. The van der Waals surface area contributed by atoms with Crippen LogP contribution < -0.4 is 14.2 Å². The Morgan fingerprint density at radius 2 is 1.56 bits per heavy atom. The Bertz CT molecular complexity index is 1280. The average Bonchev–Trinajstić information content (AvgIpc) is 2.97. The first-order valence-electron chi connectivity index (χ1n) is 13.4. The van der Waals surface area contributed by atoms with Gasteiger partial charge in [0, 0.05) is 6.08 Å². The molecule has 6 heteroatoms. The Morgan fingerprint density at radius 1 is 0.846 bits per heavy atom. The molecule has 0 aliphatic carbocycles. The van der Waals surface area contributed by atoms with Crippen molar-refractivity contribution >= 4 is 11.9 Å². The molecule has 0 amide bonds. The fraction of sp³-hybridized carbons (Fsp3) is 0.303. The Labute approximate surface area is 230 Å². The van der Waals surface area contributed by atoms with Crippen molar-refractivity contribution in [3.8, 4) is 23.3 Å². The maximum atomic E-state index is 13.1. The quantitative estimate of drug-likeness (QED) is 0.0890. The maximum absolute atomic E-state index is 13.1. The zero-order valence-electron chi connectivity index (χ0n) is 22.5. The summed E-state index contributed by atoms with van der Waals surface area (Å²) in [5.41, 5.74) is 2.76. The number of hydrogen-bond donors (Lipinski definition) is 0. The summed E-state index contributed by atoms with van der Waals surface area (Å²) >= 11 is 0. The van der Waals surface area contributed by atoms with Crippen molar-refractivity contribution < 1.29 is 23.8 Å². The van der Waals surface area contributed by atoms with Crippen LogP contribution in [0.2, 0.25) is 0 Å². The number of carbonyl (C=O) groups excluding carboxylic acids is 2. The van der Waals surface area contributed by atoms with Gasteiger partial charge in [-0.2, -0.15) is 5.26 Å². The highest BCUT2D eigenvalue weighted by Gasteiger charge is 2.22. The van der Waals surface area contributed by atoms with Gasteiger partial charge in [-0.25, -0.2) is 9.59 Å². The number of ether oxygens (including phenoxy) is 3. The van der Waals surface area contributed by atoms with Crippen molar-refractivity contribution in [2.24, 2.45) is 0 Å². The molecule has 0 heterocycles. The Kier molecular flexibility index (Phi) is 11.8. The van der Waals surface area contributed by atoms with Crippen LogP contribution in [0.3, 0.4) is 0 Å². The van der Waals surface area contributed by atoms with E-state index in [0.717, 1.165) is 36.5 Å². The number of aryl methyl sites for hydroxylation is 2. The molecule has 0 unspecified atom stereocenters. The molecule has 39 heavy (non-hydrogen) atoms. The summed E-state index contributed by atoms with van der Waals surface area (Å²) < 4.78 is 17.6. The van der Waals surface area contributed by atoms with Crippen LogP contribution in [0.15, 0.2) is 79.4 Å². The van der Waals surface area contributed by atoms with E-state index >= 15 is 0 Å². The topological polar surface area (TPSA) is 85.6 Å². The summed E-state index contributed by atoms with van der Waals surface area (Å²) in [4.78, 5) is 25.2. The van der Waals surface area contributed by atoms with Crippen molar-refractivity contribution in [2.45, 2.75) is 58.3 Å². The fourth-order valence-corrected chi connectivity index (χ4v) is 4.07. The number of hydrogen-bond acceptors (Lipinski definition) is 6. The van der Waals surface area contributed by atoms with Gasteiger partial charge >= 0.3 is 11.9 Å². The summed E-state index contributed by atoms with van der Waals surface area (Å²) in [5, 5.41) is 9.08. The monoisotopic (exact) mass is 525 g/mol. The van der Waals surface area contributed by atoms with Gasteiger partial charge in [0.15, 0.2) is 11.5 Å².